The molecule has 0 fully saturated rings. The summed E-state index contributed by atoms with van der Waals surface area (Å²) in [5.74, 6) is -0.874. The van der Waals surface area contributed by atoms with Crippen LogP contribution in [0.25, 0.3) is 0 Å². The van der Waals surface area contributed by atoms with E-state index >= 15 is 0 Å². The molecule has 7 nitrogen and oxygen atoms in total. The van der Waals surface area contributed by atoms with E-state index in [1.807, 2.05) is 32.0 Å². The van der Waals surface area contributed by atoms with Crippen LogP contribution in [0.3, 0.4) is 0 Å². The third kappa shape index (κ3) is 5.85. The predicted octanol–water partition coefficient (Wildman–Crippen LogP) is 2.97. The number of carbonyl (C=O) groups excluding carboxylic acids is 2. The summed E-state index contributed by atoms with van der Waals surface area (Å²) in [6.45, 7) is 5.45. The first-order chi connectivity index (χ1) is 12.8. The van der Waals surface area contributed by atoms with Gasteiger partial charge in [-0.25, -0.2) is 5.43 Å². The lowest BCUT2D eigenvalue weighted by Crippen LogP contribution is -2.22. The third-order valence-corrected chi connectivity index (χ3v) is 3.97. The van der Waals surface area contributed by atoms with Gasteiger partial charge in [0.2, 0.25) is 11.8 Å². The van der Waals surface area contributed by atoms with Crippen molar-refractivity contribution in [1.29, 1.82) is 0 Å². The predicted molar refractivity (Wildman–Crippen MR) is 104 cm³/mol. The molecule has 0 aliphatic carbocycles. The van der Waals surface area contributed by atoms with Crippen LogP contribution >= 0.6 is 0 Å². The molecule has 0 radical (unpaired) electrons. The Kier molecular flexibility index (Phi) is 6.54. The van der Waals surface area contributed by atoms with Crippen molar-refractivity contribution in [2.24, 2.45) is 5.10 Å². The number of nitrogens with zero attached hydrogens (tertiary/aromatic N) is 1. The minimum absolute atomic E-state index is 0.0188. The number of rotatable bonds is 6. The van der Waals surface area contributed by atoms with E-state index in [1.165, 1.54) is 18.2 Å². The van der Waals surface area contributed by atoms with E-state index in [9.17, 15) is 19.8 Å². The Hall–Kier alpha value is -3.35. The van der Waals surface area contributed by atoms with Gasteiger partial charge in [0.05, 0.1) is 5.71 Å². The average Bonchev–Trinajstić information content (AvgIpc) is 2.61. The van der Waals surface area contributed by atoms with Crippen molar-refractivity contribution in [2.45, 2.75) is 33.6 Å². The third-order valence-electron chi connectivity index (χ3n) is 3.97. The summed E-state index contributed by atoms with van der Waals surface area (Å²) < 4.78 is 0. The lowest BCUT2D eigenvalue weighted by molar-refractivity contribution is -0.124. The largest absolute Gasteiger partial charge is 0.508 e. The molecule has 0 spiro atoms. The number of hydrogen-bond donors (Lipinski definition) is 4. The van der Waals surface area contributed by atoms with Gasteiger partial charge < -0.3 is 15.5 Å². The molecule has 0 heterocycles. The van der Waals surface area contributed by atoms with Crippen LogP contribution in [0.1, 0.15) is 36.5 Å². The standard InChI is InChI=1S/C20H23N3O4/c1-12-4-5-13(2)17(10-12)21-19(26)8-9-20(27)23-22-14(3)16-7-6-15(24)11-18(16)25/h4-7,10-11,24-25H,8-9H2,1-3H3,(H,21,26)(H,23,27)/b22-14+. The van der Waals surface area contributed by atoms with Crippen molar-refractivity contribution in [3.63, 3.8) is 0 Å². The van der Waals surface area contributed by atoms with E-state index in [0.717, 1.165) is 16.8 Å². The summed E-state index contributed by atoms with van der Waals surface area (Å²) in [5, 5.41) is 25.8. The molecule has 0 atom stereocenters. The summed E-state index contributed by atoms with van der Waals surface area (Å²) in [6, 6.07) is 9.86. The molecule has 0 aromatic heterocycles. The molecule has 0 saturated heterocycles. The quantitative estimate of drug-likeness (QED) is 0.463. The topological polar surface area (TPSA) is 111 Å². The van der Waals surface area contributed by atoms with Crippen molar-refractivity contribution in [2.75, 3.05) is 5.32 Å². The van der Waals surface area contributed by atoms with Gasteiger partial charge in [-0.1, -0.05) is 12.1 Å². The number of phenols is 2. The second kappa shape index (κ2) is 8.84. The van der Waals surface area contributed by atoms with Gasteiger partial charge in [-0.2, -0.15) is 5.10 Å². The van der Waals surface area contributed by atoms with Gasteiger partial charge in [0.25, 0.3) is 0 Å². The number of phenolic OH excluding ortho intramolecular Hbond substituents is 2. The smallest absolute Gasteiger partial charge is 0.240 e. The first-order valence-corrected chi connectivity index (χ1v) is 8.49. The molecule has 0 saturated carbocycles. The summed E-state index contributed by atoms with van der Waals surface area (Å²) in [6.07, 6.45) is 0.00722. The molecular formula is C20H23N3O4. The zero-order chi connectivity index (χ0) is 20.0. The van der Waals surface area contributed by atoms with Crippen LogP contribution < -0.4 is 10.7 Å². The molecule has 0 bridgehead atoms. The molecule has 2 aromatic carbocycles. The number of amides is 2. The van der Waals surface area contributed by atoms with Crippen LogP contribution in [0.15, 0.2) is 41.5 Å². The number of hydrazone groups is 1. The number of carbonyl (C=O) groups is 2. The van der Waals surface area contributed by atoms with Gasteiger partial charge in [-0.3, -0.25) is 9.59 Å². The number of anilines is 1. The van der Waals surface area contributed by atoms with Crippen LogP contribution in [0, 0.1) is 13.8 Å². The highest BCUT2D eigenvalue weighted by Gasteiger charge is 2.10. The monoisotopic (exact) mass is 369 g/mol. The maximum absolute atomic E-state index is 12.0. The van der Waals surface area contributed by atoms with E-state index in [2.05, 4.69) is 15.8 Å². The molecule has 27 heavy (non-hydrogen) atoms. The van der Waals surface area contributed by atoms with Crippen LogP contribution in [0.4, 0.5) is 5.69 Å². The van der Waals surface area contributed by atoms with Crippen LogP contribution in [-0.4, -0.2) is 27.7 Å². The molecule has 0 aliphatic rings. The minimum atomic E-state index is -0.413. The molecule has 0 unspecified atom stereocenters. The van der Waals surface area contributed by atoms with Gasteiger partial charge >= 0.3 is 0 Å². The molecule has 2 aromatic rings. The van der Waals surface area contributed by atoms with Gasteiger partial charge in [-0.05, 0) is 50.1 Å². The van der Waals surface area contributed by atoms with E-state index in [-0.39, 0.29) is 30.2 Å². The van der Waals surface area contributed by atoms with E-state index in [1.54, 1.807) is 6.92 Å². The molecule has 2 rings (SSSR count). The zero-order valence-electron chi connectivity index (χ0n) is 15.5. The van der Waals surface area contributed by atoms with E-state index in [4.69, 9.17) is 0 Å². The maximum Gasteiger partial charge on any atom is 0.240 e. The summed E-state index contributed by atoms with van der Waals surface area (Å²) >= 11 is 0. The fourth-order valence-corrected chi connectivity index (χ4v) is 2.40. The Morgan fingerprint density at radius 3 is 2.41 bits per heavy atom. The number of hydrogen-bond acceptors (Lipinski definition) is 5. The van der Waals surface area contributed by atoms with E-state index in [0.29, 0.717) is 11.3 Å². The Morgan fingerprint density at radius 1 is 1.00 bits per heavy atom. The van der Waals surface area contributed by atoms with Gasteiger partial charge in [0.15, 0.2) is 0 Å². The van der Waals surface area contributed by atoms with Gasteiger partial charge in [0.1, 0.15) is 11.5 Å². The highest BCUT2D eigenvalue weighted by atomic mass is 16.3. The fraction of sp³-hybridized carbons (Fsp3) is 0.250. The molecule has 2 amide bonds. The molecule has 142 valence electrons. The van der Waals surface area contributed by atoms with E-state index < -0.39 is 5.91 Å². The summed E-state index contributed by atoms with van der Waals surface area (Å²) in [7, 11) is 0. The molecule has 4 N–H and O–H groups in total. The highest BCUT2D eigenvalue weighted by molar-refractivity contribution is 6.01. The van der Waals surface area contributed by atoms with Crippen LogP contribution in [-0.2, 0) is 9.59 Å². The molecule has 0 aliphatic heterocycles. The van der Waals surface area contributed by atoms with Crippen molar-refractivity contribution in [3.8, 4) is 11.5 Å². The van der Waals surface area contributed by atoms with Crippen molar-refractivity contribution >= 4 is 23.2 Å². The average molecular weight is 369 g/mol. The van der Waals surface area contributed by atoms with Crippen molar-refractivity contribution in [3.05, 3.63) is 53.1 Å². The highest BCUT2D eigenvalue weighted by Crippen LogP contribution is 2.23. The number of aryl methyl sites for hydroxylation is 2. The lowest BCUT2D eigenvalue weighted by atomic mass is 10.1. The zero-order valence-corrected chi connectivity index (χ0v) is 15.5. The van der Waals surface area contributed by atoms with Gasteiger partial charge in [0, 0.05) is 30.2 Å². The fourth-order valence-electron chi connectivity index (χ4n) is 2.40. The normalized spacial score (nSPS) is 11.1. The Morgan fingerprint density at radius 2 is 1.70 bits per heavy atom. The van der Waals surface area contributed by atoms with Crippen LogP contribution in [0.2, 0.25) is 0 Å². The molecule has 7 heteroatoms. The van der Waals surface area contributed by atoms with Crippen molar-refractivity contribution < 1.29 is 19.8 Å². The second-order valence-electron chi connectivity index (χ2n) is 6.30. The number of benzene rings is 2. The SMILES string of the molecule is C/C(=N\NC(=O)CCC(=O)Nc1cc(C)ccc1C)c1ccc(O)cc1O. The first kappa shape index (κ1) is 20.0. The first-order valence-electron chi connectivity index (χ1n) is 8.49. The van der Waals surface area contributed by atoms with Gasteiger partial charge in [-0.15, -0.1) is 0 Å². The van der Waals surface area contributed by atoms with Crippen LogP contribution in [0.5, 0.6) is 11.5 Å². The Bertz CT molecular complexity index is 891. The Labute approximate surface area is 157 Å². The number of aromatic hydroxyl groups is 2. The summed E-state index contributed by atoms with van der Waals surface area (Å²) in [4.78, 5) is 23.9. The lowest BCUT2D eigenvalue weighted by Gasteiger charge is -2.09. The van der Waals surface area contributed by atoms with Crippen molar-refractivity contribution in [1.82, 2.24) is 5.43 Å². The second-order valence-corrected chi connectivity index (χ2v) is 6.30. The summed E-state index contributed by atoms with van der Waals surface area (Å²) in [5.41, 5.74) is 5.85. The maximum atomic E-state index is 12.0. The number of nitrogens with one attached hydrogen (secondary N) is 2. The molecular weight excluding hydrogens is 346 g/mol. The minimum Gasteiger partial charge on any atom is -0.508 e. The Balaban J connectivity index is 1.86.